The van der Waals surface area contributed by atoms with Gasteiger partial charge in [-0.2, -0.15) is 0 Å². The summed E-state index contributed by atoms with van der Waals surface area (Å²) >= 11 is 0. The van der Waals surface area contributed by atoms with Crippen molar-refractivity contribution in [2.24, 2.45) is 11.8 Å². The van der Waals surface area contributed by atoms with Gasteiger partial charge in [-0.1, -0.05) is 6.92 Å². The van der Waals surface area contributed by atoms with E-state index in [1.165, 1.54) is 12.8 Å². The standard InChI is InChI=1S/C18H30N2O3/c1-13-4-6-15(7-5-13)20(16-8-9-16)17(21)12-19-10-2-3-14(11-19)18(22)23/h13-16H,2-12H2,1H3,(H,22,23). The lowest BCUT2D eigenvalue weighted by atomic mass is 9.86. The van der Waals surface area contributed by atoms with Crippen LogP contribution in [-0.2, 0) is 9.59 Å². The number of rotatable bonds is 5. The van der Waals surface area contributed by atoms with E-state index < -0.39 is 5.97 Å². The van der Waals surface area contributed by atoms with Crippen molar-refractivity contribution in [2.75, 3.05) is 19.6 Å². The van der Waals surface area contributed by atoms with Gasteiger partial charge in [0.1, 0.15) is 0 Å². The molecule has 3 aliphatic rings. The molecule has 5 heteroatoms. The summed E-state index contributed by atoms with van der Waals surface area (Å²) in [5.74, 6) is 0.00263. The minimum absolute atomic E-state index is 0.234. The number of hydrogen-bond donors (Lipinski definition) is 1. The summed E-state index contributed by atoms with van der Waals surface area (Å²) in [6.45, 7) is 4.10. The molecule has 1 heterocycles. The first kappa shape index (κ1) is 16.7. The highest BCUT2D eigenvalue weighted by Gasteiger charge is 2.39. The van der Waals surface area contributed by atoms with Crippen LogP contribution in [0.4, 0.5) is 0 Å². The summed E-state index contributed by atoms with van der Waals surface area (Å²) < 4.78 is 0. The van der Waals surface area contributed by atoms with E-state index in [0.717, 1.165) is 51.0 Å². The molecule has 0 bridgehead atoms. The lowest BCUT2D eigenvalue weighted by Gasteiger charge is -2.38. The lowest BCUT2D eigenvalue weighted by molar-refractivity contribution is -0.145. The molecule has 1 atom stereocenters. The zero-order chi connectivity index (χ0) is 16.4. The molecule has 1 N–H and O–H groups in total. The molecule has 0 aromatic carbocycles. The molecule has 3 rings (SSSR count). The van der Waals surface area contributed by atoms with Crippen LogP contribution in [0.15, 0.2) is 0 Å². The van der Waals surface area contributed by atoms with Crippen LogP contribution in [0.1, 0.15) is 58.3 Å². The van der Waals surface area contributed by atoms with Crippen LogP contribution in [0.5, 0.6) is 0 Å². The van der Waals surface area contributed by atoms with Crippen LogP contribution in [-0.4, -0.2) is 58.5 Å². The Hall–Kier alpha value is -1.10. The van der Waals surface area contributed by atoms with Gasteiger partial charge in [0.2, 0.25) is 5.91 Å². The highest BCUT2D eigenvalue weighted by molar-refractivity contribution is 5.79. The molecular weight excluding hydrogens is 292 g/mol. The van der Waals surface area contributed by atoms with Gasteiger partial charge in [0.05, 0.1) is 12.5 Å². The van der Waals surface area contributed by atoms with Gasteiger partial charge in [-0.15, -0.1) is 0 Å². The van der Waals surface area contributed by atoms with E-state index in [1.807, 2.05) is 0 Å². The van der Waals surface area contributed by atoms with E-state index in [1.54, 1.807) is 0 Å². The maximum Gasteiger partial charge on any atom is 0.307 e. The third-order valence-corrected chi connectivity index (χ3v) is 5.82. The maximum atomic E-state index is 12.9. The van der Waals surface area contributed by atoms with Crippen molar-refractivity contribution in [3.05, 3.63) is 0 Å². The molecular formula is C18H30N2O3. The van der Waals surface area contributed by atoms with Gasteiger partial charge in [0.15, 0.2) is 0 Å². The Morgan fingerprint density at radius 2 is 1.65 bits per heavy atom. The summed E-state index contributed by atoms with van der Waals surface area (Å²) in [5.41, 5.74) is 0. The van der Waals surface area contributed by atoms with Crippen LogP contribution in [0.2, 0.25) is 0 Å². The number of likely N-dealkylation sites (tertiary alicyclic amines) is 1. The summed E-state index contributed by atoms with van der Waals surface area (Å²) in [7, 11) is 0. The summed E-state index contributed by atoms with van der Waals surface area (Å²) in [6.07, 6.45) is 8.66. The number of carboxylic acids is 1. The molecule has 0 radical (unpaired) electrons. The lowest BCUT2D eigenvalue weighted by Crippen LogP contribution is -2.50. The first-order chi connectivity index (χ1) is 11.0. The van der Waals surface area contributed by atoms with E-state index in [9.17, 15) is 14.7 Å². The highest BCUT2D eigenvalue weighted by Crippen LogP contribution is 2.35. The van der Waals surface area contributed by atoms with Gasteiger partial charge in [-0.05, 0) is 63.8 Å². The Kier molecular flexibility index (Phi) is 5.24. The molecule has 5 nitrogen and oxygen atoms in total. The summed E-state index contributed by atoms with van der Waals surface area (Å²) in [4.78, 5) is 28.3. The molecule has 130 valence electrons. The number of piperidine rings is 1. The van der Waals surface area contributed by atoms with Crippen molar-refractivity contribution in [2.45, 2.75) is 70.4 Å². The van der Waals surface area contributed by atoms with Crippen molar-refractivity contribution in [3.63, 3.8) is 0 Å². The van der Waals surface area contributed by atoms with E-state index in [4.69, 9.17) is 0 Å². The van der Waals surface area contributed by atoms with Gasteiger partial charge >= 0.3 is 5.97 Å². The summed E-state index contributed by atoms with van der Waals surface area (Å²) in [5, 5.41) is 9.20. The fourth-order valence-corrected chi connectivity index (χ4v) is 4.25. The Morgan fingerprint density at radius 1 is 1.04 bits per heavy atom. The molecule has 1 unspecified atom stereocenters. The van der Waals surface area contributed by atoms with Crippen molar-refractivity contribution in [1.29, 1.82) is 0 Å². The molecule has 1 aliphatic heterocycles. The predicted octanol–water partition coefficient (Wildman–Crippen LogP) is 2.35. The smallest absolute Gasteiger partial charge is 0.307 e. The second-order valence-corrected chi connectivity index (χ2v) is 7.86. The van der Waals surface area contributed by atoms with E-state index in [2.05, 4.69) is 16.7 Å². The number of carbonyl (C=O) groups excluding carboxylic acids is 1. The molecule has 1 amide bonds. The first-order valence-corrected chi connectivity index (χ1v) is 9.31. The van der Waals surface area contributed by atoms with Gasteiger partial charge in [0.25, 0.3) is 0 Å². The number of carboxylic acid groups (broad SMARTS) is 1. The fraction of sp³-hybridized carbons (Fsp3) is 0.889. The first-order valence-electron chi connectivity index (χ1n) is 9.31. The monoisotopic (exact) mass is 322 g/mol. The SMILES string of the molecule is CC1CCC(N(C(=O)CN2CCCC(C(=O)O)C2)C2CC2)CC1. The quantitative estimate of drug-likeness (QED) is 0.844. The molecule has 23 heavy (non-hydrogen) atoms. The zero-order valence-electron chi connectivity index (χ0n) is 14.2. The molecule has 0 aromatic heterocycles. The molecule has 2 aliphatic carbocycles. The van der Waals surface area contributed by atoms with Gasteiger partial charge in [0, 0.05) is 18.6 Å². The largest absolute Gasteiger partial charge is 0.481 e. The van der Waals surface area contributed by atoms with E-state index in [-0.39, 0.29) is 11.8 Å². The van der Waals surface area contributed by atoms with Crippen molar-refractivity contribution in [1.82, 2.24) is 9.80 Å². The Balaban J connectivity index is 1.57. The zero-order valence-corrected chi connectivity index (χ0v) is 14.2. The number of amides is 1. The van der Waals surface area contributed by atoms with Crippen LogP contribution in [0, 0.1) is 11.8 Å². The van der Waals surface area contributed by atoms with Crippen LogP contribution >= 0.6 is 0 Å². The second-order valence-electron chi connectivity index (χ2n) is 7.86. The minimum Gasteiger partial charge on any atom is -0.481 e. The fourth-order valence-electron chi connectivity index (χ4n) is 4.25. The second kappa shape index (κ2) is 7.20. The van der Waals surface area contributed by atoms with Gasteiger partial charge < -0.3 is 10.0 Å². The third-order valence-electron chi connectivity index (χ3n) is 5.82. The van der Waals surface area contributed by atoms with Gasteiger partial charge in [-0.25, -0.2) is 0 Å². The molecule has 0 spiro atoms. The number of aliphatic carboxylic acids is 1. The highest BCUT2D eigenvalue weighted by atomic mass is 16.4. The Morgan fingerprint density at radius 3 is 2.22 bits per heavy atom. The number of hydrogen-bond acceptors (Lipinski definition) is 3. The van der Waals surface area contributed by atoms with E-state index >= 15 is 0 Å². The average molecular weight is 322 g/mol. The van der Waals surface area contributed by atoms with E-state index in [0.29, 0.717) is 25.2 Å². The van der Waals surface area contributed by atoms with Crippen LogP contribution in [0.25, 0.3) is 0 Å². The molecule has 1 saturated heterocycles. The third kappa shape index (κ3) is 4.25. The minimum atomic E-state index is -0.720. The molecule has 3 fully saturated rings. The Bertz CT molecular complexity index is 442. The average Bonchev–Trinajstić information content (AvgIpc) is 3.34. The van der Waals surface area contributed by atoms with Crippen molar-refractivity contribution >= 4 is 11.9 Å². The Labute approximate surface area is 139 Å². The predicted molar refractivity (Wildman–Crippen MR) is 88.1 cm³/mol. The van der Waals surface area contributed by atoms with Crippen molar-refractivity contribution < 1.29 is 14.7 Å². The normalized spacial score (nSPS) is 32.5. The molecule has 2 saturated carbocycles. The number of nitrogens with zero attached hydrogens (tertiary/aromatic N) is 2. The number of carbonyl (C=O) groups is 2. The van der Waals surface area contributed by atoms with Crippen LogP contribution < -0.4 is 0 Å². The van der Waals surface area contributed by atoms with Gasteiger partial charge in [-0.3, -0.25) is 14.5 Å². The van der Waals surface area contributed by atoms with Crippen LogP contribution in [0.3, 0.4) is 0 Å². The molecule has 0 aromatic rings. The van der Waals surface area contributed by atoms with Crippen molar-refractivity contribution in [3.8, 4) is 0 Å². The maximum absolute atomic E-state index is 12.9. The topological polar surface area (TPSA) is 60.9 Å². The summed E-state index contributed by atoms with van der Waals surface area (Å²) in [6, 6.07) is 0.882.